The first kappa shape index (κ1) is 15.0. The van der Waals surface area contributed by atoms with Gasteiger partial charge in [0.2, 0.25) is 6.29 Å². The summed E-state index contributed by atoms with van der Waals surface area (Å²) in [5, 5.41) is 11.3. The molecule has 22 heavy (non-hydrogen) atoms. The van der Waals surface area contributed by atoms with Crippen LogP contribution in [0.1, 0.15) is 5.56 Å². The number of rotatable bonds is 5. The van der Waals surface area contributed by atoms with E-state index in [1.807, 2.05) is 30.3 Å². The number of hydrogen-bond acceptors (Lipinski definition) is 5. The Balaban J connectivity index is 1.66. The Hall–Kier alpha value is -1.96. The highest BCUT2D eigenvalue weighted by molar-refractivity contribution is 5.86. The summed E-state index contributed by atoms with van der Waals surface area (Å²) >= 11 is 0. The van der Waals surface area contributed by atoms with E-state index in [1.54, 1.807) is 4.90 Å². The van der Waals surface area contributed by atoms with Gasteiger partial charge < -0.3 is 24.8 Å². The van der Waals surface area contributed by atoms with Gasteiger partial charge in [0.25, 0.3) is 11.8 Å². The molecule has 0 radical (unpaired) electrons. The van der Waals surface area contributed by atoms with E-state index in [1.165, 1.54) is 0 Å². The number of hydrogen-bond donors (Lipinski definition) is 2. The zero-order valence-corrected chi connectivity index (χ0v) is 12.0. The molecule has 3 atom stereocenters. The van der Waals surface area contributed by atoms with E-state index in [9.17, 15) is 9.59 Å². The number of aliphatic hydroxyl groups is 1. The van der Waals surface area contributed by atoms with Crippen molar-refractivity contribution in [1.29, 1.82) is 0 Å². The second-order valence-corrected chi connectivity index (χ2v) is 5.28. The summed E-state index contributed by atoms with van der Waals surface area (Å²) in [6.45, 7) is 0.774. The van der Waals surface area contributed by atoms with Crippen LogP contribution >= 0.6 is 0 Å². The number of ether oxygens (including phenoxy) is 2. The first-order chi connectivity index (χ1) is 10.7. The van der Waals surface area contributed by atoms with E-state index in [4.69, 9.17) is 14.6 Å². The number of aliphatic hydroxyl groups excluding tert-OH is 1. The molecule has 0 saturated carbocycles. The molecule has 2 saturated heterocycles. The van der Waals surface area contributed by atoms with Gasteiger partial charge in [-0.15, -0.1) is 0 Å². The molecule has 2 aliphatic rings. The number of carbonyl (C=O) groups is 2. The normalized spacial score (nSPS) is 27.0. The summed E-state index contributed by atoms with van der Waals surface area (Å²) < 4.78 is 10.9. The van der Waals surface area contributed by atoms with Gasteiger partial charge in [-0.25, -0.2) is 0 Å². The number of amides is 2. The summed E-state index contributed by atoms with van der Waals surface area (Å²) in [5.41, 5.74) is 1.01. The molecule has 118 valence electrons. The molecule has 2 aliphatic heterocycles. The van der Waals surface area contributed by atoms with Crippen LogP contribution in [0.4, 0.5) is 0 Å². The van der Waals surface area contributed by atoms with Gasteiger partial charge in [0.05, 0.1) is 13.2 Å². The first-order valence-corrected chi connectivity index (χ1v) is 7.21. The lowest BCUT2D eigenvalue weighted by Gasteiger charge is -2.30. The smallest absolute Gasteiger partial charge is 0.280 e. The van der Waals surface area contributed by atoms with E-state index in [-0.39, 0.29) is 25.0 Å². The number of nitrogens with zero attached hydrogens (tertiary/aromatic N) is 1. The van der Waals surface area contributed by atoms with Gasteiger partial charge in [-0.3, -0.25) is 9.59 Å². The third-order valence-electron chi connectivity index (χ3n) is 3.71. The molecule has 0 spiro atoms. The van der Waals surface area contributed by atoms with Crippen molar-refractivity contribution in [3.63, 3.8) is 0 Å². The molecule has 2 N–H and O–H groups in total. The number of benzene rings is 1. The van der Waals surface area contributed by atoms with Crippen LogP contribution in [0.15, 0.2) is 30.3 Å². The Morgan fingerprint density at radius 2 is 2.09 bits per heavy atom. The van der Waals surface area contributed by atoms with Crippen LogP contribution in [0.3, 0.4) is 0 Å². The third kappa shape index (κ3) is 2.96. The molecule has 7 nitrogen and oxygen atoms in total. The van der Waals surface area contributed by atoms with E-state index in [0.29, 0.717) is 13.1 Å². The molecule has 0 unspecified atom stereocenters. The predicted molar refractivity (Wildman–Crippen MR) is 75.5 cm³/mol. The van der Waals surface area contributed by atoms with Gasteiger partial charge >= 0.3 is 0 Å². The fourth-order valence-corrected chi connectivity index (χ4v) is 2.65. The molecule has 1 aromatic rings. The van der Waals surface area contributed by atoms with Gasteiger partial charge in [-0.2, -0.15) is 0 Å². The van der Waals surface area contributed by atoms with Crippen LogP contribution < -0.4 is 5.32 Å². The van der Waals surface area contributed by atoms with E-state index in [0.717, 1.165) is 5.56 Å². The quantitative estimate of drug-likeness (QED) is 0.747. The lowest BCUT2D eigenvalue weighted by Crippen LogP contribution is -2.49. The van der Waals surface area contributed by atoms with Gasteiger partial charge in [0.1, 0.15) is 6.10 Å². The Labute approximate surface area is 127 Å². The molecule has 2 bridgehead atoms. The first-order valence-electron chi connectivity index (χ1n) is 7.21. The van der Waals surface area contributed by atoms with Gasteiger partial charge in [0.15, 0.2) is 6.10 Å². The summed E-state index contributed by atoms with van der Waals surface area (Å²) in [4.78, 5) is 25.9. The van der Waals surface area contributed by atoms with Crippen LogP contribution in [0.5, 0.6) is 0 Å². The number of carbonyl (C=O) groups excluding carboxylic acids is 2. The minimum atomic E-state index is -1.02. The van der Waals surface area contributed by atoms with E-state index >= 15 is 0 Å². The summed E-state index contributed by atoms with van der Waals surface area (Å²) in [7, 11) is 0. The summed E-state index contributed by atoms with van der Waals surface area (Å²) in [5.74, 6) is -0.631. The van der Waals surface area contributed by atoms with Crippen molar-refractivity contribution in [2.45, 2.75) is 25.0 Å². The van der Waals surface area contributed by atoms with Crippen molar-refractivity contribution in [1.82, 2.24) is 10.2 Å². The van der Waals surface area contributed by atoms with Crippen LogP contribution in [0.25, 0.3) is 0 Å². The van der Waals surface area contributed by atoms with Crippen molar-refractivity contribution in [3.8, 4) is 0 Å². The predicted octanol–water partition coefficient (Wildman–Crippen LogP) is -0.753. The van der Waals surface area contributed by atoms with Crippen molar-refractivity contribution in [2.75, 3.05) is 19.7 Å². The second kappa shape index (κ2) is 6.43. The van der Waals surface area contributed by atoms with Crippen molar-refractivity contribution < 1.29 is 24.2 Å². The zero-order chi connectivity index (χ0) is 15.5. The highest BCUT2D eigenvalue weighted by Gasteiger charge is 2.50. The summed E-state index contributed by atoms with van der Waals surface area (Å²) in [6.07, 6.45) is -2.32. The lowest BCUT2D eigenvalue weighted by atomic mass is 10.1. The minimum absolute atomic E-state index is 0.146. The Bertz CT molecular complexity index is 550. The zero-order valence-electron chi connectivity index (χ0n) is 12.0. The molecule has 1 aromatic carbocycles. The Morgan fingerprint density at radius 3 is 2.82 bits per heavy atom. The molecule has 7 heteroatoms. The maximum atomic E-state index is 12.3. The molecule has 2 heterocycles. The standard InChI is InChI=1S/C15H18N2O5/c18-7-6-16-13(19)12-11-9-17(14(20)15(21-11)22-12)8-10-4-2-1-3-5-10/h1-5,11-12,15,18H,6-9H2,(H,16,19)/t11-,12+,15+/m1/s1. The maximum absolute atomic E-state index is 12.3. The Kier molecular flexibility index (Phi) is 4.37. The molecule has 0 aliphatic carbocycles. The van der Waals surface area contributed by atoms with E-state index < -0.39 is 18.5 Å². The lowest BCUT2D eigenvalue weighted by molar-refractivity contribution is -0.172. The Morgan fingerprint density at radius 1 is 1.32 bits per heavy atom. The fraction of sp³-hybridized carbons (Fsp3) is 0.467. The summed E-state index contributed by atoms with van der Waals surface area (Å²) in [6, 6.07) is 9.62. The van der Waals surface area contributed by atoms with Gasteiger partial charge in [-0.05, 0) is 5.56 Å². The van der Waals surface area contributed by atoms with Gasteiger partial charge in [-0.1, -0.05) is 30.3 Å². The number of fused-ring (bicyclic) bond motifs is 2. The number of nitrogens with one attached hydrogen (secondary N) is 1. The topological polar surface area (TPSA) is 88.1 Å². The third-order valence-corrected chi connectivity index (χ3v) is 3.71. The highest BCUT2D eigenvalue weighted by atomic mass is 16.7. The van der Waals surface area contributed by atoms with Gasteiger partial charge in [0, 0.05) is 13.1 Å². The number of morpholine rings is 1. The highest BCUT2D eigenvalue weighted by Crippen LogP contribution is 2.28. The molecule has 3 rings (SSSR count). The maximum Gasteiger partial charge on any atom is 0.280 e. The van der Waals surface area contributed by atoms with Crippen LogP contribution in [0, 0.1) is 0 Å². The van der Waals surface area contributed by atoms with Crippen molar-refractivity contribution >= 4 is 11.8 Å². The monoisotopic (exact) mass is 306 g/mol. The molecule has 0 aromatic heterocycles. The van der Waals surface area contributed by atoms with Crippen LogP contribution in [-0.4, -0.2) is 60.0 Å². The average molecular weight is 306 g/mol. The van der Waals surface area contributed by atoms with Crippen molar-refractivity contribution in [3.05, 3.63) is 35.9 Å². The molecular formula is C15H18N2O5. The largest absolute Gasteiger partial charge is 0.395 e. The van der Waals surface area contributed by atoms with Crippen LogP contribution in [0.2, 0.25) is 0 Å². The van der Waals surface area contributed by atoms with E-state index in [2.05, 4.69) is 5.32 Å². The molecule has 2 fully saturated rings. The fourth-order valence-electron chi connectivity index (χ4n) is 2.65. The van der Waals surface area contributed by atoms with Crippen LogP contribution in [-0.2, 0) is 25.6 Å². The average Bonchev–Trinajstić information content (AvgIpc) is 2.90. The SMILES string of the molecule is O=C(NCCO)[C@H]1O[C@@H]2O[C@@H]1CN(Cc1ccccc1)C2=O. The second-order valence-electron chi connectivity index (χ2n) is 5.28. The van der Waals surface area contributed by atoms with Crippen molar-refractivity contribution in [2.24, 2.45) is 0 Å². The molecule has 2 amide bonds. The molecular weight excluding hydrogens is 288 g/mol. The minimum Gasteiger partial charge on any atom is -0.395 e.